The second-order valence-electron chi connectivity index (χ2n) is 2.16. The Hall–Kier alpha value is 0.966. The predicted molar refractivity (Wildman–Crippen MR) is 54.8 cm³/mol. The SMILES string of the molecule is CN(C(=S)[S-])c1ccccc1.[K+]. The molecule has 0 spiro atoms. The fourth-order valence-corrected chi connectivity index (χ4v) is 0.968. The summed E-state index contributed by atoms with van der Waals surface area (Å²) in [5.74, 6) is 0. The Morgan fingerprint density at radius 2 is 1.83 bits per heavy atom. The van der Waals surface area contributed by atoms with Crippen LogP contribution in [0.25, 0.3) is 0 Å². The quantitative estimate of drug-likeness (QED) is 0.339. The number of benzene rings is 1. The summed E-state index contributed by atoms with van der Waals surface area (Å²) in [5, 5.41) is 0. The molecule has 0 aliphatic heterocycles. The minimum Gasteiger partial charge on any atom is -0.411 e. The summed E-state index contributed by atoms with van der Waals surface area (Å²) in [4.78, 5) is 1.80. The molecule has 1 rings (SSSR count). The van der Waals surface area contributed by atoms with Gasteiger partial charge in [0.05, 0.1) is 0 Å². The van der Waals surface area contributed by atoms with Crippen molar-refractivity contribution in [3.8, 4) is 0 Å². The average Bonchev–Trinajstić information content (AvgIpc) is 2.05. The van der Waals surface area contributed by atoms with Crippen LogP contribution in [-0.2, 0) is 12.6 Å². The van der Waals surface area contributed by atoms with E-state index in [4.69, 9.17) is 24.8 Å². The molecular formula is C8H8KNS2. The molecule has 0 aliphatic rings. The Kier molecular flexibility index (Phi) is 6.94. The van der Waals surface area contributed by atoms with Crippen molar-refractivity contribution < 1.29 is 51.4 Å². The van der Waals surface area contributed by atoms with E-state index in [0.717, 1.165) is 5.69 Å². The maximum absolute atomic E-state index is 4.84. The molecule has 12 heavy (non-hydrogen) atoms. The van der Waals surface area contributed by atoms with Gasteiger partial charge in [0.15, 0.2) is 0 Å². The van der Waals surface area contributed by atoms with Crippen LogP contribution in [0.2, 0.25) is 0 Å². The van der Waals surface area contributed by atoms with Crippen molar-refractivity contribution in [3.05, 3.63) is 30.3 Å². The van der Waals surface area contributed by atoms with Crippen molar-refractivity contribution in [1.82, 2.24) is 0 Å². The molecule has 0 saturated carbocycles. The normalized spacial score (nSPS) is 8.42. The van der Waals surface area contributed by atoms with Gasteiger partial charge in [-0.1, -0.05) is 22.5 Å². The third kappa shape index (κ3) is 3.78. The standard InChI is InChI=1S/C8H9NS2.K/c1-9(8(10)11)7-5-3-2-4-6-7;/h2-6H,1H3,(H,10,11);/q;+1/p-1. The number of nitrogens with zero attached hydrogens (tertiary/aromatic N) is 1. The molecule has 0 bridgehead atoms. The summed E-state index contributed by atoms with van der Waals surface area (Å²) in [5.41, 5.74) is 1.03. The third-order valence-electron chi connectivity index (χ3n) is 1.42. The molecule has 0 aliphatic carbocycles. The zero-order valence-corrected chi connectivity index (χ0v) is 11.9. The zero-order valence-electron chi connectivity index (χ0n) is 7.15. The number of hydrogen-bond acceptors (Lipinski definition) is 2. The summed E-state index contributed by atoms with van der Waals surface area (Å²) in [7, 11) is 1.87. The molecule has 0 atom stereocenters. The van der Waals surface area contributed by atoms with E-state index in [9.17, 15) is 0 Å². The molecule has 58 valence electrons. The van der Waals surface area contributed by atoms with E-state index >= 15 is 0 Å². The summed E-state index contributed by atoms with van der Waals surface area (Å²) in [6.45, 7) is 0. The molecule has 0 unspecified atom stereocenters. The third-order valence-corrected chi connectivity index (χ3v) is 1.97. The molecule has 1 nitrogen and oxygen atoms in total. The van der Waals surface area contributed by atoms with E-state index < -0.39 is 0 Å². The maximum atomic E-state index is 4.84. The van der Waals surface area contributed by atoms with Gasteiger partial charge in [0.2, 0.25) is 0 Å². The summed E-state index contributed by atoms with van der Waals surface area (Å²) in [6, 6.07) is 9.82. The first kappa shape index (κ1) is 13.0. The molecule has 1 aromatic rings. The second kappa shape index (κ2) is 6.42. The van der Waals surface area contributed by atoms with Gasteiger partial charge in [0.1, 0.15) is 0 Å². The number of rotatable bonds is 1. The Morgan fingerprint density at radius 3 is 2.25 bits per heavy atom. The van der Waals surface area contributed by atoms with Gasteiger partial charge < -0.3 is 29.7 Å². The van der Waals surface area contributed by atoms with Crippen LogP contribution >= 0.6 is 12.2 Å². The Balaban J connectivity index is 0.00000121. The second-order valence-corrected chi connectivity index (χ2v) is 3.19. The Morgan fingerprint density at radius 1 is 1.33 bits per heavy atom. The van der Waals surface area contributed by atoms with Crippen molar-refractivity contribution in [2.24, 2.45) is 0 Å². The number of hydrogen-bond donors (Lipinski definition) is 0. The van der Waals surface area contributed by atoms with Gasteiger partial charge in [-0.3, -0.25) is 0 Å². The van der Waals surface area contributed by atoms with E-state index in [1.54, 1.807) is 4.90 Å². The summed E-state index contributed by atoms with van der Waals surface area (Å²) in [6.07, 6.45) is 0. The number of para-hydroxylation sites is 1. The molecule has 1 aromatic carbocycles. The van der Waals surface area contributed by atoms with Gasteiger partial charge >= 0.3 is 51.4 Å². The van der Waals surface area contributed by atoms with Crippen LogP contribution in [0.3, 0.4) is 0 Å². The van der Waals surface area contributed by atoms with Gasteiger partial charge in [-0.05, 0) is 12.1 Å². The Bertz CT molecular complexity index is 250. The summed E-state index contributed by atoms with van der Waals surface area (Å²) < 4.78 is 0.469. The van der Waals surface area contributed by atoms with Gasteiger partial charge in [-0.25, -0.2) is 0 Å². The maximum Gasteiger partial charge on any atom is 1.00 e. The van der Waals surface area contributed by atoms with Gasteiger partial charge in [-0.2, -0.15) is 0 Å². The zero-order chi connectivity index (χ0) is 8.27. The molecule has 0 amide bonds. The van der Waals surface area contributed by atoms with Crippen LogP contribution in [0, 0.1) is 0 Å². The minimum absolute atomic E-state index is 0. The molecule has 0 saturated heterocycles. The van der Waals surface area contributed by atoms with Crippen LogP contribution in [0.1, 0.15) is 0 Å². The van der Waals surface area contributed by atoms with E-state index in [1.807, 2.05) is 37.4 Å². The topological polar surface area (TPSA) is 3.24 Å². The molecule has 0 heterocycles. The molecule has 0 N–H and O–H groups in total. The van der Waals surface area contributed by atoms with Crippen LogP contribution in [-0.4, -0.2) is 11.4 Å². The van der Waals surface area contributed by atoms with Crippen LogP contribution in [0.5, 0.6) is 0 Å². The Labute approximate surface area is 126 Å². The minimum atomic E-state index is 0. The molecule has 0 aromatic heterocycles. The smallest absolute Gasteiger partial charge is 0.411 e. The average molecular weight is 221 g/mol. The number of anilines is 1. The molecule has 0 radical (unpaired) electrons. The first-order chi connectivity index (χ1) is 5.22. The van der Waals surface area contributed by atoms with Gasteiger partial charge in [-0.15, -0.1) is 0 Å². The van der Waals surface area contributed by atoms with E-state index in [2.05, 4.69) is 0 Å². The fraction of sp³-hybridized carbons (Fsp3) is 0.125. The fourth-order valence-electron chi connectivity index (χ4n) is 0.757. The number of thiocarbonyl (C=S) groups is 1. The van der Waals surface area contributed by atoms with Crippen molar-refractivity contribution in [3.63, 3.8) is 0 Å². The first-order valence-electron chi connectivity index (χ1n) is 3.21. The molecule has 0 fully saturated rings. The summed E-state index contributed by atoms with van der Waals surface area (Å²) >= 11 is 9.68. The van der Waals surface area contributed by atoms with Crippen LogP contribution < -0.4 is 56.3 Å². The van der Waals surface area contributed by atoms with E-state index in [-0.39, 0.29) is 51.4 Å². The largest absolute Gasteiger partial charge is 1.00 e. The van der Waals surface area contributed by atoms with Crippen LogP contribution in [0.4, 0.5) is 5.69 Å². The predicted octanol–water partition coefficient (Wildman–Crippen LogP) is -1.04. The molecular weight excluding hydrogens is 213 g/mol. The van der Waals surface area contributed by atoms with Crippen molar-refractivity contribution in [2.45, 2.75) is 0 Å². The van der Waals surface area contributed by atoms with Crippen LogP contribution in [0.15, 0.2) is 30.3 Å². The molecule has 4 heteroatoms. The van der Waals surface area contributed by atoms with Gasteiger partial charge in [0, 0.05) is 12.7 Å². The monoisotopic (exact) mass is 221 g/mol. The van der Waals surface area contributed by atoms with Crippen molar-refractivity contribution >= 4 is 34.9 Å². The first-order valence-corrected chi connectivity index (χ1v) is 4.03. The van der Waals surface area contributed by atoms with E-state index in [0.29, 0.717) is 4.32 Å². The van der Waals surface area contributed by atoms with E-state index in [1.165, 1.54) is 0 Å². The van der Waals surface area contributed by atoms with Gasteiger partial charge in [0.25, 0.3) is 0 Å². The van der Waals surface area contributed by atoms with Crippen molar-refractivity contribution in [2.75, 3.05) is 11.9 Å². The van der Waals surface area contributed by atoms with Crippen molar-refractivity contribution in [1.29, 1.82) is 0 Å².